The number of benzene rings is 2. The zero-order valence-electron chi connectivity index (χ0n) is 17.4. The summed E-state index contributed by atoms with van der Waals surface area (Å²) in [5.41, 5.74) is -3.45. The van der Waals surface area contributed by atoms with E-state index >= 15 is 0 Å². The molecule has 0 aromatic heterocycles. The second-order valence-electron chi connectivity index (χ2n) is 6.93. The average Bonchev–Trinajstić information content (AvgIpc) is 2.83. The lowest BCUT2D eigenvalue weighted by atomic mass is 10.1. The molecule has 2 rings (SSSR count). The summed E-state index contributed by atoms with van der Waals surface area (Å²) in [5.74, 6) is -26.8. The zero-order chi connectivity index (χ0) is 26.4. The molecule has 0 fully saturated rings. The van der Waals surface area contributed by atoms with Gasteiger partial charge in [-0.25, -0.2) is 53.5 Å². The molecule has 2 aromatic rings. The fraction of sp³-hybridized carbons (Fsp3) is 0.333. The van der Waals surface area contributed by atoms with Crippen LogP contribution in [0.15, 0.2) is 0 Å². The number of carbonyl (C=O) groups is 2. The molecule has 0 saturated heterocycles. The van der Waals surface area contributed by atoms with Gasteiger partial charge in [0.1, 0.15) is 11.1 Å². The first kappa shape index (κ1) is 27.9. The summed E-state index contributed by atoms with van der Waals surface area (Å²) in [6.45, 7) is -0.846. The Hall–Kier alpha value is -3.32. The Morgan fingerprint density at radius 2 is 0.629 bits per heavy atom. The maximum atomic E-state index is 13.5. The SMILES string of the molecule is O=C(OCCCCCCCOC(=O)c1c(F)c(F)c(F)c(F)c1F)c1c(F)c(F)c(F)c(F)c1F. The minimum atomic E-state index is -2.42. The third-order valence-electron chi connectivity index (χ3n) is 4.58. The highest BCUT2D eigenvalue weighted by atomic mass is 19.2. The molecule has 0 aliphatic heterocycles. The van der Waals surface area contributed by atoms with E-state index in [0.29, 0.717) is 19.3 Å². The van der Waals surface area contributed by atoms with Crippen LogP contribution in [0.3, 0.4) is 0 Å². The van der Waals surface area contributed by atoms with Gasteiger partial charge in [0.25, 0.3) is 0 Å². The van der Waals surface area contributed by atoms with E-state index in [1.165, 1.54) is 0 Å². The van der Waals surface area contributed by atoms with E-state index in [2.05, 4.69) is 9.47 Å². The number of hydrogen-bond donors (Lipinski definition) is 0. The molecule has 0 bridgehead atoms. The molecular formula is C21H14F10O4. The first-order valence-electron chi connectivity index (χ1n) is 9.78. The lowest BCUT2D eigenvalue weighted by Crippen LogP contribution is -2.16. The largest absolute Gasteiger partial charge is 0.462 e. The first-order valence-corrected chi connectivity index (χ1v) is 9.78. The monoisotopic (exact) mass is 520 g/mol. The molecule has 0 aliphatic carbocycles. The van der Waals surface area contributed by atoms with Gasteiger partial charge < -0.3 is 9.47 Å². The zero-order valence-corrected chi connectivity index (χ0v) is 17.4. The third-order valence-corrected chi connectivity index (χ3v) is 4.58. The van der Waals surface area contributed by atoms with E-state index in [1.54, 1.807) is 0 Å². The lowest BCUT2D eigenvalue weighted by Gasteiger charge is -2.09. The van der Waals surface area contributed by atoms with Crippen LogP contribution in [0.5, 0.6) is 0 Å². The molecule has 0 amide bonds. The standard InChI is InChI=1S/C21H14F10O4/c22-10-8(11(23)15(27)18(30)14(10)26)20(32)34-6-4-2-1-3-5-7-35-21(33)9-12(24)16(28)19(31)17(29)13(9)25/h1-7H2. The Labute approximate surface area is 190 Å². The fourth-order valence-electron chi connectivity index (χ4n) is 2.78. The van der Waals surface area contributed by atoms with Crippen molar-refractivity contribution in [2.45, 2.75) is 32.1 Å². The Morgan fingerprint density at radius 1 is 0.400 bits per heavy atom. The van der Waals surface area contributed by atoms with Crippen molar-refractivity contribution in [2.75, 3.05) is 13.2 Å². The topological polar surface area (TPSA) is 52.6 Å². The number of hydrogen-bond acceptors (Lipinski definition) is 4. The first-order chi connectivity index (χ1) is 16.4. The van der Waals surface area contributed by atoms with Crippen molar-refractivity contribution in [3.8, 4) is 0 Å². The quantitative estimate of drug-likeness (QED) is 0.126. The average molecular weight is 520 g/mol. The Balaban J connectivity index is 1.71. The smallest absolute Gasteiger partial charge is 0.344 e. The fourth-order valence-corrected chi connectivity index (χ4v) is 2.78. The number of carbonyl (C=O) groups excluding carboxylic acids is 2. The second-order valence-corrected chi connectivity index (χ2v) is 6.93. The molecule has 0 heterocycles. The summed E-state index contributed by atoms with van der Waals surface area (Å²) >= 11 is 0. The summed E-state index contributed by atoms with van der Waals surface area (Å²) in [7, 11) is 0. The van der Waals surface area contributed by atoms with Gasteiger partial charge in [-0.2, -0.15) is 0 Å². The molecule has 2 aromatic carbocycles. The van der Waals surface area contributed by atoms with Gasteiger partial charge in [0, 0.05) is 0 Å². The minimum absolute atomic E-state index is 0.117. The van der Waals surface area contributed by atoms with Crippen LogP contribution in [0.2, 0.25) is 0 Å². The minimum Gasteiger partial charge on any atom is -0.462 e. The Bertz CT molecular complexity index is 991. The predicted molar refractivity (Wildman–Crippen MR) is 96.1 cm³/mol. The van der Waals surface area contributed by atoms with Crippen LogP contribution in [0.1, 0.15) is 52.8 Å². The maximum Gasteiger partial charge on any atom is 0.344 e. The molecule has 4 nitrogen and oxygen atoms in total. The summed E-state index contributed by atoms with van der Waals surface area (Å²) in [5, 5.41) is 0. The van der Waals surface area contributed by atoms with E-state index in [-0.39, 0.29) is 12.8 Å². The molecule has 0 aliphatic rings. The van der Waals surface area contributed by atoms with Gasteiger partial charge >= 0.3 is 11.9 Å². The summed E-state index contributed by atoms with van der Waals surface area (Å²) in [4.78, 5) is 23.3. The summed E-state index contributed by atoms with van der Waals surface area (Å²) < 4.78 is 141. The Kier molecular flexibility index (Phi) is 9.48. The summed E-state index contributed by atoms with van der Waals surface area (Å²) in [6.07, 6.45) is 1.28. The van der Waals surface area contributed by atoms with Crippen molar-refractivity contribution in [1.29, 1.82) is 0 Å². The highest BCUT2D eigenvalue weighted by molar-refractivity contribution is 5.90. The maximum absolute atomic E-state index is 13.5. The highest BCUT2D eigenvalue weighted by Crippen LogP contribution is 2.25. The molecule has 14 heteroatoms. The van der Waals surface area contributed by atoms with Gasteiger partial charge in [0.05, 0.1) is 13.2 Å². The van der Waals surface area contributed by atoms with E-state index in [0.717, 1.165) is 0 Å². The van der Waals surface area contributed by atoms with Crippen LogP contribution in [0, 0.1) is 58.2 Å². The van der Waals surface area contributed by atoms with Crippen molar-refractivity contribution >= 4 is 11.9 Å². The molecule has 0 saturated carbocycles. The van der Waals surface area contributed by atoms with Crippen molar-refractivity contribution in [3.05, 3.63) is 69.3 Å². The van der Waals surface area contributed by atoms with Crippen molar-refractivity contribution in [1.82, 2.24) is 0 Å². The third kappa shape index (κ3) is 6.03. The Morgan fingerprint density at radius 3 is 0.914 bits per heavy atom. The molecular weight excluding hydrogens is 506 g/mol. The molecule has 0 N–H and O–H groups in total. The van der Waals surface area contributed by atoms with Crippen molar-refractivity contribution in [2.24, 2.45) is 0 Å². The number of esters is 2. The second kappa shape index (κ2) is 11.9. The van der Waals surface area contributed by atoms with Gasteiger partial charge in [-0.05, 0) is 12.8 Å². The van der Waals surface area contributed by atoms with Gasteiger partial charge in [0.2, 0.25) is 11.6 Å². The van der Waals surface area contributed by atoms with Crippen LogP contribution in [0.4, 0.5) is 43.9 Å². The number of unbranched alkanes of at least 4 members (excludes halogenated alkanes) is 4. The van der Waals surface area contributed by atoms with E-state index in [4.69, 9.17) is 0 Å². The molecule has 0 radical (unpaired) electrons. The van der Waals surface area contributed by atoms with E-state index in [9.17, 15) is 53.5 Å². The van der Waals surface area contributed by atoms with Crippen LogP contribution in [-0.4, -0.2) is 25.2 Å². The molecule has 192 valence electrons. The van der Waals surface area contributed by atoms with Gasteiger partial charge in [0.15, 0.2) is 46.5 Å². The van der Waals surface area contributed by atoms with Gasteiger partial charge in [-0.3, -0.25) is 0 Å². The van der Waals surface area contributed by atoms with E-state index in [1.807, 2.05) is 0 Å². The van der Waals surface area contributed by atoms with Crippen LogP contribution < -0.4 is 0 Å². The van der Waals surface area contributed by atoms with Crippen LogP contribution in [0.25, 0.3) is 0 Å². The van der Waals surface area contributed by atoms with Crippen LogP contribution in [-0.2, 0) is 9.47 Å². The van der Waals surface area contributed by atoms with Crippen molar-refractivity contribution in [3.63, 3.8) is 0 Å². The molecule has 35 heavy (non-hydrogen) atoms. The van der Waals surface area contributed by atoms with E-state index < -0.39 is 94.5 Å². The lowest BCUT2D eigenvalue weighted by molar-refractivity contribution is 0.0480. The van der Waals surface area contributed by atoms with Gasteiger partial charge in [-0.1, -0.05) is 19.3 Å². The normalized spacial score (nSPS) is 11.0. The number of halogens is 10. The molecule has 0 spiro atoms. The summed E-state index contributed by atoms with van der Waals surface area (Å²) in [6, 6.07) is 0. The molecule has 0 atom stereocenters. The molecule has 0 unspecified atom stereocenters. The predicted octanol–water partition coefficient (Wildman–Crippen LogP) is 6.04. The van der Waals surface area contributed by atoms with Crippen LogP contribution >= 0.6 is 0 Å². The number of rotatable bonds is 10. The van der Waals surface area contributed by atoms with Gasteiger partial charge in [-0.15, -0.1) is 0 Å². The number of ether oxygens (including phenoxy) is 2. The highest BCUT2D eigenvalue weighted by Gasteiger charge is 2.31. The van der Waals surface area contributed by atoms with Crippen molar-refractivity contribution < 1.29 is 63.0 Å².